The summed E-state index contributed by atoms with van der Waals surface area (Å²) >= 11 is 0. The molecule has 1 amide bonds. The van der Waals surface area contributed by atoms with Gasteiger partial charge in [0.15, 0.2) is 0 Å². The fraction of sp³-hybridized carbons (Fsp3) is 0.200. The molecule has 0 spiro atoms. The van der Waals surface area contributed by atoms with Crippen LogP contribution >= 0.6 is 0 Å². The van der Waals surface area contributed by atoms with Crippen molar-refractivity contribution >= 4 is 12.1 Å². The molecule has 0 radical (unpaired) electrons. The monoisotopic (exact) mass is 320 g/mol. The van der Waals surface area contributed by atoms with Crippen LogP contribution in [0.1, 0.15) is 22.3 Å². The van der Waals surface area contributed by atoms with Crippen molar-refractivity contribution in [3.05, 3.63) is 64.7 Å². The smallest absolute Gasteiger partial charge is 0.244 e. The predicted octanol–water partition coefficient (Wildman–Crippen LogP) is 3.01. The van der Waals surface area contributed by atoms with Crippen LogP contribution in [0, 0.1) is 26.2 Å². The number of amides is 1. The molecule has 0 unspecified atom stereocenters. The molecule has 0 atom stereocenters. The number of nitrogens with zero attached hydrogens (tertiary/aromatic N) is 1. The summed E-state index contributed by atoms with van der Waals surface area (Å²) in [4.78, 5) is 11.9. The highest BCUT2D eigenvalue weighted by atomic mass is 16.5. The molecule has 0 bridgehead atoms. The van der Waals surface area contributed by atoms with Crippen LogP contribution in [-0.2, 0) is 11.2 Å². The summed E-state index contributed by atoms with van der Waals surface area (Å²) in [6.07, 6.45) is 7.03. The largest absolute Gasteiger partial charge is 0.481 e. The lowest BCUT2D eigenvalue weighted by Gasteiger charge is -2.05. The van der Waals surface area contributed by atoms with Gasteiger partial charge in [-0.15, -0.1) is 6.42 Å². The van der Waals surface area contributed by atoms with Crippen LogP contribution in [0.2, 0.25) is 0 Å². The lowest BCUT2D eigenvalue weighted by Crippen LogP contribution is -2.20. The number of ether oxygens (including phenoxy) is 1. The third kappa shape index (κ3) is 5.29. The van der Waals surface area contributed by atoms with Gasteiger partial charge < -0.3 is 4.74 Å². The summed E-state index contributed by atoms with van der Waals surface area (Å²) in [5, 5.41) is 3.98. The molecular weight excluding hydrogens is 300 g/mol. The van der Waals surface area contributed by atoms with Gasteiger partial charge in [0, 0.05) is 0 Å². The number of terminal acetylenes is 1. The van der Waals surface area contributed by atoms with E-state index in [1.54, 1.807) is 18.3 Å². The first kappa shape index (κ1) is 17.3. The van der Waals surface area contributed by atoms with Crippen molar-refractivity contribution in [3.8, 4) is 18.1 Å². The Morgan fingerprint density at radius 1 is 1.25 bits per heavy atom. The van der Waals surface area contributed by atoms with Crippen LogP contribution in [0.4, 0.5) is 0 Å². The van der Waals surface area contributed by atoms with Gasteiger partial charge in [-0.1, -0.05) is 29.7 Å². The average Bonchev–Trinajstić information content (AvgIpc) is 2.57. The molecule has 0 saturated heterocycles. The van der Waals surface area contributed by atoms with Gasteiger partial charge in [0.25, 0.3) is 0 Å². The Morgan fingerprint density at radius 2 is 2.00 bits per heavy atom. The molecule has 0 aliphatic rings. The minimum absolute atomic E-state index is 0.146. The molecule has 0 fully saturated rings. The fourth-order valence-electron chi connectivity index (χ4n) is 2.21. The average molecular weight is 320 g/mol. The van der Waals surface area contributed by atoms with Crippen molar-refractivity contribution in [3.63, 3.8) is 0 Å². The molecular formula is C20H20N2O2. The molecule has 4 heteroatoms. The van der Waals surface area contributed by atoms with Crippen molar-refractivity contribution in [2.75, 3.05) is 6.61 Å². The molecule has 4 nitrogen and oxygen atoms in total. The summed E-state index contributed by atoms with van der Waals surface area (Å²) in [6, 6.07) is 13.3. The van der Waals surface area contributed by atoms with Gasteiger partial charge in [-0.25, -0.2) is 5.43 Å². The van der Waals surface area contributed by atoms with E-state index in [0.29, 0.717) is 12.2 Å². The number of hydrogen-bond acceptors (Lipinski definition) is 3. The highest BCUT2D eigenvalue weighted by Crippen LogP contribution is 2.12. The number of carbonyl (C=O) groups excluding carboxylic acids is 1. The van der Waals surface area contributed by atoms with Crippen LogP contribution in [0.25, 0.3) is 0 Å². The van der Waals surface area contributed by atoms with E-state index in [0.717, 1.165) is 16.7 Å². The molecule has 2 aromatic carbocycles. The SMILES string of the molecule is C#CCOc1ccc(/C=N/NC(=O)Cc2ccc(C)cc2C)cc1. The highest BCUT2D eigenvalue weighted by molar-refractivity contribution is 5.83. The normalized spacial score (nSPS) is 10.4. The maximum atomic E-state index is 11.9. The molecule has 24 heavy (non-hydrogen) atoms. The Hall–Kier alpha value is -3.06. The minimum Gasteiger partial charge on any atom is -0.481 e. The summed E-state index contributed by atoms with van der Waals surface area (Å²) in [6.45, 7) is 4.27. The quantitative estimate of drug-likeness (QED) is 0.505. The van der Waals surface area contributed by atoms with Crippen LogP contribution in [0.3, 0.4) is 0 Å². The Balaban J connectivity index is 1.86. The second-order valence-electron chi connectivity index (χ2n) is 5.46. The van der Waals surface area contributed by atoms with E-state index in [9.17, 15) is 4.79 Å². The van der Waals surface area contributed by atoms with Crippen molar-refractivity contribution < 1.29 is 9.53 Å². The molecule has 2 aromatic rings. The Morgan fingerprint density at radius 3 is 2.67 bits per heavy atom. The topological polar surface area (TPSA) is 50.7 Å². The number of nitrogens with one attached hydrogen (secondary N) is 1. The number of benzene rings is 2. The number of rotatable bonds is 6. The second kappa shape index (κ2) is 8.54. The zero-order valence-corrected chi connectivity index (χ0v) is 13.9. The minimum atomic E-state index is -0.146. The first-order valence-electron chi connectivity index (χ1n) is 7.63. The first-order valence-corrected chi connectivity index (χ1v) is 7.63. The molecule has 0 heterocycles. The van der Waals surface area contributed by atoms with E-state index in [1.165, 1.54) is 5.56 Å². The van der Waals surface area contributed by atoms with E-state index >= 15 is 0 Å². The molecule has 122 valence electrons. The Bertz CT molecular complexity index is 771. The van der Waals surface area contributed by atoms with Gasteiger partial charge in [-0.2, -0.15) is 5.10 Å². The zero-order chi connectivity index (χ0) is 17.4. The number of hydrogen-bond donors (Lipinski definition) is 1. The maximum absolute atomic E-state index is 11.9. The van der Waals surface area contributed by atoms with Crippen molar-refractivity contribution in [2.45, 2.75) is 20.3 Å². The standard InChI is InChI=1S/C20H20N2O2/c1-4-11-24-19-9-6-17(7-10-19)14-21-22-20(23)13-18-8-5-15(2)12-16(18)3/h1,5-10,12,14H,11,13H2,2-3H3,(H,22,23)/b21-14+. The van der Waals surface area contributed by atoms with Gasteiger partial charge in [0.1, 0.15) is 12.4 Å². The summed E-state index contributed by atoms with van der Waals surface area (Å²) in [5.41, 5.74) is 6.70. The Kier molecular flexibility index (Phi) is 6.16. The predicted molar refractivity (Wildman–Crippen MR) is 96.1 cm³/mol. The van der Waals surface area contributed by atoms with Crippen molar-refractivity contribution in [2.24, 2.45) is 5.10 Å². The van der Waals surface area contributed by atoms with Gasteiger partial charge in [-0.3, -0.25) is 4.79 Å². The lowest BCUT2D eigenvalue weighted by atomic mass is 10.0. The van der Waals surface area contributed by atoms with Gasteiger partial charge in [0.2, 0.25) is 5.91 Å². The van der Waals surface area contributed by atoms with Gasteiger partial charge in [-0.05, 0) is 54.8 Å². The van der Waals surface area contributed by atoms with Crippen molar-refractivity contribution in [1.82, 2.24) is 5.43 Å². The van der Waals surface area contributed by atoms with Gasteiger partial charge in [0.05, 0.1) is 12.6 Å². The molecule has 2 rings (SSSR count). The van der Waals surface area contributed by atoms with Crippen LogP contribution in [0.5, 0.6) is 5.75 Å². The van der Waals surface area contributed by atoms with Gasteiger partial charge >= 0.3 is 0 Å². The molecule has 0 aliphatic heterocycles. The lowest BCUT2D eigenvalue weighted by molar-refractivity contribution is -0.120. The molecule has 0 aliphatic carbocycles. The van der Waals surface area contributed by atoms with E-state index < -0.39 is 0 Å². The third-order valence-corrected chi connectivity index (χ3v) is 3.45. The third-order valence-electron chi connectivity index (χ3n) is 3.45. The summed E-state index contributed by atoms with van der Waals surface area (Å²) in [7, 11) is 0. The number of aryl methyl sites for hydroxylation is 2. The number of hydrazone groups is 1. The van der Waals surface area contributed by atoms with Crippen LogP contribution in [-0.4, -0.2) is 18.7 Å². The summed E-state index contributed by atoms with van der Waals surface area (Å²) in [5.74, 6) is 2.96. The maximum Gasteiger partial charge on any atom is 0.244 e. The highest BCUT2D eigenvalue weighted by Gasteiger charge is 2.05. The van der Waals surface area contributed by atoms with Crippen LogP contribution in [0.15, 0.2) is 47.6 Å². The second-order valence-corrected chi connectivity index (χ2v) is 5.46. The van der Waals surface area contributed by atoms with Crippen LogP contribution < -0.4 is 10.2 Å². The fourth-order valence-corrected chi connectivity index (χ4v) is 2.21. The van der Waals surface area contributed by atoms with E-state index in [4.69, 9.17) is 11.2 Å². The van der Waals surface area contributed by atoms with Crippen molar-refractivity contribution in [1.29, 1.82) is 0 Å². The van der Waals surface area contributed by atoms with E-state index in [1.807, 2.05) is 38.1 Å². The molecule has 0 saturated carbocycles. The molecule has 1 N–H and O–H groups in total. The number of carbonyl (C=O) groups is 1. The zero-order valence-electron chi connectivity index (χ0n) is 13.9. The summed E-state index contributed by atoms with van der Waals surface area (Å²) < 4.78 is 5.29. The Labute approximate surface area is 142 Å². The van der Waals surface area contributed by atoms with E-state index in [-0.39, 0.29) is 12.5 Å². The first-order chi connectivity index (χ1) is 11.6. The van der Waals surface area contributed by atoms with E-state index in [2.05, 4.69) is 22.5 Å². The molecule has 0 aromatic heterocycles.